The Labute approximate surface area is 106 Å². The molecule has 0 aliphatic heterocycles. The van der Waals surface area contributed by atoms with Crippen LogP contribution in [0.5, 0.6) is 0 Å². The Kier molecular flexibility index (Phi) is 3.29. The molecule has 0 radical (unpaired) electrons. The zero-order chi connectivity index (χ0) is 12.5. The topological polar surface area (TPSA) is 38.3 Å². The predicted octanol–water partition coefficient (Wildman–Crippen LogP) is 3.01. The van der Waals surface area contributed by atoms with Gasteiger partial charge in [-0.15, -0.1) is 0 Å². The number of hydrogen-bond donors (Lipinski definition) is 1. The molecule has 92 valence electrons. The molecular formula is C13H16ClNO2. The van der Waals surface area contributed by atoms with Gasteiger partial charge in [0.1, 0.15) is 0 Å². The molecule has 2 rings (SSSR count). The highest BCUT2D eigenvalue weighted by Crippen LogP contribution is 2.46. The average Bonchev–Trinajstić information content (AvgIpc) is 3.10. The van der Waals surface area contributed by atoms with Crippen molar-refractivity contribution < 1.29 is 9.53 Å². The molecule has 0 atom stereocenters. The van der Waals surface area contributed by atoms with Crippen LogP contribution in [0.15, 0.2) is 18.2 Å². The van der Waals surface area contributed by atoms with Crippen molar-refractivity contribution in [1.82, 2.24) is 0 Å². The molecule has 1 aliphatic rings. The molecular weight excluding hydrogens is 238 g/mol. The third kappa shape index (κ3) is 2.55. The van der Waals surface area contributed by atoms with E-state index in [0.717, 1.165) is 24.1 Å². The van der Waals surface area contributed by atoms with Crippen molar-refractivity contribution in [1.29, 1.82) is 0 Å². The number of esters is 1. The Morgan fingerprint density at radius 1 is 1.53 bits per heavy atom. The van der Waals surface area contributed by atoms with Crippen LogP contribution in [0.2, 0.25) is 5.02 Å². The van der Waals surface area contributed by atoms with Crippen LogP contribution in [-0.2, 0) is 9.53 Å². The first-order valence-corrected chi connectivity index (χ1v) is 6.04. The lowest BCUT2D eigenvalue weighted by Crippen LogP contribution is -2.26. The van der Waals surface area contributed by atoms with Gasteiger partial charge in [0.15, 0.2) is 0 Å². The molecule has 1 N–H and O–H groups in total. The maximum absolute atomic E-state index is 11.6. The average molecular weight is 254 g/mol. The van der Waals surface area contributed by atoms with Gasteiger partial charge in [-0.25, -0.2) is 0 Å². The van der Waals surface area contributed by atoms with Crippen molar-refractivity contribution in [3.63, 3.8) is 0 Å². The van der Waals surface area contributed by atoms with Crippen LogP contribution in [0.25, 0.3) is 0 Å². The Morgan fingerprint density at radius 3 is 2.82 bits per heavy atom. The molecule has 0 unspecified atom stereocenters. The molecule has 3 nitrogen and oxygen atoms in total. The number of halogens is 1. The monoisotopic (exact) mass is 253 g/mol. The summed E-state index contributed by atoms with van der Waals surface area (Å²) in [5, 5.41) is 3.98. The summed E-state index contributed by atoms with van der Waals surface area (Å²) in [5.74, 6) is -0.121. The Bertz CT molecular complexity index is 441. The van der Waals surface area contributed by atoms with Crippen LogP contribution in [0.1, 0.15) is 18.4 Å². The highest BCUT2D eigenvalue weighted by atomic mass is 35.5. The highest BCUT2D eigenvalue weighted by Gasteiger charge is 2.50. The second kappa shape index (κ2) is 4.57. The SMILES string of the molecule is COC(=O)C1(CNc2cc(Cl)ccc2C)CC1. The molecule has 4 heteroatoms. The summed E-state index contributed by atoms with van der Waals surface area (Å²) in [6, 6.07) is 5.70. The minimum atomic E-state index is -0.316. The van der Waals surface area contributed by atoms with E-state index < -0.39 is 0 Å². The van der Waals surface area contributed by atoms with E-state index in [9.17, 15) is 4.79 Å². The Balaban J connectivity index is 2.03. The molecule has 1 aromatic rings. The summed E-state index contributed by atoms with van der Waals surface area (Å²) in [7, 11) is 1.44. The lowest BCUT2D eigenvalue weighted by Gasteiger charge is -2.16. The second-order valence-corrected chi connectivity index (χ2v) is 5.02. The maximum atomic E-state index is 11.6. The van der Waals surface area contributed by atoms with Gasteiger partial charge >= 0.3 is 5.97 Å². The normalized spacial score (nSPS) is 16.4. The predicted molar refractivity (Wildman–Crippen MR) is 68.4 cm³/mol. The number of anilines is 1. The van der Waals surface area contributed by atoms with Crippen molar-refractivity contribution in [2.24, 2.45) is 5.41 Å². The summed E-state index contributed by atoms with van der Waals surface area (Å²) in [4.78, 5) is 11.6. The molecule has 17 heavy (non-hydrogen) atoms. The number of rotatable bonds is 4. The molecule has 0 heterocycles. The quantitative estimate of drug-likeness (QED) is 0.839. The van der Waals surface area contributed by atoms with Crippen molar-refractivity contribution >= 4 is 23.3 Å². The van der Waals surface area contributed by atoms with Crippen LogP contribution in [-0.4, -0.2) is 19.6 Å². The number of benzene rings is 1. The van der Waals surface area contributed by atoms with Crippen LogP contribution in [0, 0.1) is 12.3 Å². The van der Waals surface area contributed by atoms with Crippen LogP contribution < -0.4 is 5.32 Å². The number of carbonyl (C=O) groups excluding carboxylic acids is 1. The van der Waals surface area contributed by atoms with E-state index in [0.29, 0.717) is 11.6 Å². The summed E-state index contributed by atoms with van der Waals surface area (Å²) in [6.45, 7) is 2.62. The van der Waals surface area contributed by atoms with E-state index in [2.05, 4.69) is 5.32 Å². The van der Waals surface area contributed by atoms with Gasteiger partial charge in [-0.05, 0) is 37.5 Å². The van der Waals surface area contributed by atoms with Crippen molar-refractivity contribution in [3.05, 3.63) is 28.8 Å². The van der Waals surface area contributed by atoms with Gasteiger partial charge in [0.2, 0.25) is 0 Å². The number of nitrogens with one attached hydrogen (secondary N) is 1. The van der Waals surface area contributed by atoms with Crippen molar-refractivity contribution in [2.75, 3.05) is 19.0 Å². The van der Waals surface area contributed by atoms with E-state index >= 15 is 0 Å². The van der Waals surface area contributed by atoms with Crippen molar-refractivity contribution in [3.8, 4) is 0 Å². The van der Waals surface area contributed by atoms with E-state index in [-0.39, 0.29) is 11.4 Å². The molecule has 0 bridgehead atoms. The fourth-order valence-corrected chi connectivity index (χ4v) is 2.04. The van der Waals surface area contributed by atoms with Gasteiger partial charge in [-0.1, -0.05) is 17.7 Å². The second-order valence-electron chi connectivity index (χ2n) is 4.58. The number of hydrogen-bond acceptors (Lipinski definition) is 3. The lowest BCUT2D eigenvalue weighted by molar-refractivity contribution is -0.146. The lowest BCUT2D eigenvalue weighted by atomic mass is 10.1. The molecule has 1 aromatic carbocycles. The standard InChI is InChI=1S/C13H16ClNO2/c1-9-3-4-10(14)7-11(9)15-8-13(5-6-13)12(16)17-2/h3-4,7,15H,5-6,8H2,1-2H3. The molecule has 1 aliphatic carbocycles. The number of ether oxygens (including phenoxy) is 1. The molecule has 0 aromatic heterocycles. The summed E-state index contributed by atoms with van der Waals surface area (Å²) < 4.78 is 4.81. The maximum Gasteiger partial charge on any atom is 0.313 e. The van der Waals surface area contributed by atoms with Gasteiger partial charge in [0, 0.05) is 17.3 Å². The number of methoxy groups -OCH3 is 1. The zero-order valence-corrected chi connectivity index (χ0v) is 10.8. The first-order valence-electron chi connectivity index (χ1n) is 5.66. The minimum Gasteiger partial charge on any atom is -0.469 e. The molecule has 1 saturated carbocycles. The fraction of sp³-hybridized carbons (Fsp3) is 0.462. The molecule has 0 saturated heterocycles. The first-order chi connectivity index (χ1) is 8.07. The summed E-state index contributed by atoms with van der Waals surface area (Å²) in [5.41, 5.74) is 1.78. The van der Waals surface area contributed by atoms with Gasteiger partial charge in [-0.3, -0.25) is 4.79 Å². The smallest absolute Gasteiger partial charge is 0.313 e. The first kappa shape index (κ1) is 12.2. The zero-order valence-electron chi connectivity index (χ0n) is 10.0. The van der Waals surface area contributed by atoms with E-state index in [4.69, 9.17) is 16.3 Å². The molecule has 0 amide bonds. The largest absolute Gasteiger partial charge is 0.469 e. The summed E-state index contributed by atoms with van der Waals surface area (Å²) >= 11 is 5.94. The fourth-order valence-electron chi connectivity index (χ4n) is 1.87. The number of aryl methyl sites for hydroxylation is 1. The van der Waals surface area contributed by atoms with Gasteiger partial charge in [0.25, 0.3) is 0 Å². The minimum absolute atomic E-state index is 0.121. The molecule has 0 spiro atoms. The van der Waals surface area contributed by atoms with Crippen LogP contribution in [0.3, 0.4) is 0 Å². The van der Waals surface area contributed by atoms with Gasteiger partial charge in [-0.2, -0.15) is 0 Å². The van der Waals surface area contributed by atoms with E-state index in [1.807, 2.05) is 25.1 Å². The highest BCUT2D eigenvalue weighted by molar-refractivity contribution is 6.30. The number of carbonyl (C=O) groups is 1. The van der Waals surface area contributed by atoms with E-state index in [1.165, 1.54) is 7.11 Å². The Morgan fingerprint density at radius 2 is 2.24 bits per heavy atom. The van der Waals surface area contributed by atoms with Crippen LogP contribution >= 0.6 is 11.6 Å². The third-order valence-electron chi connectivity index (χ3n) is 3.29. The van der Waals surface area contributed by atoms with E-state index in [1.54, 1.807) is 0 Å². The van der Waals surface area contributed by atoms with Crippen LogP contribution in [0.4, 0.5) is 5.69 Å². The molecule has 1 fully saturated rings. The Hall–Kier alpha value is -1.22. The summed E-state index contributed by atoms with van der Waals surface area (Å²) in [6.07, 6.45) is 1.79. The van der Waals surface area contributed by atoms with Crippen molar-refractivity contribution in [2.45, 2.75) is 19.8 Å². The van der Waals surface area contributed by atoms with Gasteiger partial charge < -0.3 is 10.1 Å². The third-order valence-corrected chi connectivity index (χ3v) is 3.52. The van der Waals surface area contributed by atoms with Gasteiger partial charge in [0.05, 0.1) is 12.5 Å².